The molecule has 0 amide bonds. The van der Waals surface area contributed by atoms with Gasteiger partial charge in [-0.05, 0) is 12.1 Å². The van der Waals surface area contributed by atoms with Crippen LogP contribution >= 0.6 is 0 Å². The maximum absolute atomic E-state index is 5.76. The summed E-state index contributed by atoms with van der Waals surface area (Å²) in [7, 11) is 2.99. The first-order valence-corrected chi connectivity index (χ1v) is 6.15. The molecule has 0 saturated heterocycles. The van der Waals surface area contributed by atoms with Crippen molar-refractivity contribution in [2.75, 3.05) is 26.6 Å². The van der Waals surface area contributed by atoms with Crippen molar-refractivity contribution in [1.29, 1.82) is 0 Å². The minimum Gasteiger partial charge on any atom is -0.480 e. The number of ether oxygens (including phenoxy) is 3. The molecule has 2 rings (SSSR count). The summed E-state index contributed by atoms with van der Waals surface area (Å²) in [4.78, 5) is 8.02. The molecule has 0 unspecified atom stereocenters. The van der Waals surface area contributed by atoms with Crippen LogP contribution in [0, 0.1) is 11.8 Å². The molecule has 0 saturated carbocycles. The molecule has 0 atom stereocenters. The van der Waals surface area contributed by atoms with Crippen LogP contribution in [0.3, 0.4) is 0 Å². The van der Waals surface area contributed by atoms with E-state index in [4.69, 9.17) is 19.9 Å². The van der Waals surface area contributed by atoms with Crippen LogP contribution in [0.25, 0.3) is 0 Å². The quantitative estimate of drug-likeness (QED) is 0.677. The lowest BCUT2D eigenvalue weighted by Gasteiger charge is -2.05. The molecule has 0 fully saturated rings. The fourth-order valence-electron chi connectivity index (χ4n) is 1.55. The number of benzene rings is 1. The summed E-state index contributed by atoms with van der Waals surface area (Å²) >= 11 is 0. The van der Waals surface area contributed by atoms with Crippen molar-refractivity contribution >= 4 is 5.69 Å². The zero-order valence-corrected chi connectivity index (χ0v) is 11.8. The summed E-state index contributed by atoms with van der Waals surface area (Å²) in [5.74, 6) is 6.70. The highest BCUT2D eigenvalue weighted by atomic mass is 16.5. The SMILES string of the molecule is COc1ncc(C#CCOc2ccccc2N)c(OC)n1. The van der Waals surface area contributed by atoms with Crippen LogP contribution in [-0.2, 0) is 0 Å². The third-order valence-electron chi connectivity index (χ3n) is 2.55. The number of hydrogen-bond acceptors (Lipinski definition) is 6. The highest BCUT2D eigenvalue weighted by Gasteiger charge is 2.05. The fraction of sp³-hybridized carbons (Fsp3) is 0.200. The molecule has 6 nitrogen and oxygen atoms in total. The molecular weight excluding hydrogens is 270 g/mol. The second-order valence-corrected chi connectivity index (χ2v) is 3.91. The molecule has 0 aliphatic heterocycles. The molecule has 0 radical (unpaired) electrons. The zero-order valence-electron chi connectivity index (χ0n) is 11.8. The fourth-order valence-corrected chi connectivity index (χ4v) is 1.55. The van der Waals surface area contributed by atoms with Crippen molar-refractivity contribution in [2.45, 2.75) is 0 Å². The van der Waals surface area contributed by atoms with E-state index in [1.54, 1.807) is 12.1 Å². The number of methoxy groups -OCH3 is 2. The van der Waals surface area contributed by atoms with E-state index in [2.05, 4.69) is 21.8 Å². The van der Waals surface area contributed by atoms with Crippen molar-refractivity contribution < 1.29 is 14.2 Å². The molecule has 108 valence electrons. The minimum atomic E-state index is 0.198. The number of nitrogens with zero attached hydrogens (tertiary/aromatic N) is 2. The first-order chi connectivity index (χ1) is 10.2. The lowest BCUT2D eigenvalue weighted by molar-refractivity contribution is 0.351. The van der Waals surface area contributed by atoms with Crippen LogP contribution in [0.4, 0.5) is 5.69 Å². The molecular formula is C15H15N3O3. The van der Waals surface area contributed by atoms with Crippen molar-refractivity contribution in [3.63, 3.8) is 0 Å². The molecule has 1 aromatic heterocycles. The lowest BCUT2D eigenvalue weighted by Crippen LogP contribution is -1.99. The summed E-state index contributed by atoms with van der Waals surface area (Å²) in [6.07, 6.45) is 1.54. The van der Waals surface area contributed by atoms with Crippen LogP contribution < -0.4 is 19.9 Å². The molecule has 1 heterocycles. The topological polar surface area (TPSA) is 79.5 Å². The molecule has 0 aliphatic carbocycles. The van der Waals surface area contributed by atoms with Crippen molar-refractivity contribution in [2.24, 2.45) is 0 Å². The van der Waals surface area contributed by atoms with E-state index in [0.717, 1.165) is 0 Å². The predicted octanol–water partition coefficient (Wildman–Crippen LogP) is 1.51. The van der Waals surface area contributed by atoms with E-state index in [0.29, 0.717) is 22.9 Å². The van der Waals surface area contributed by atoms with Gasteiger partial charge in [0.1, 0.15) is 17.9 Å². The Morgan fingerprint density at radius 2 is 2.00 bits per heavy atom. The Morgan fingerprint density at radius 3 is 2.71 bits per heavy atom. The number of para-hydroxylation sites is 2. The molecule has 1 aromatic carbocycles. The Balaban J connectivity index is 2.04. The number of rotatable bonds is 4. The Labute approximate surface area is 122 Å². The van der Waals surface area contributed by atoms with Crippen molar-refractivity contribution in [3.05, 3.63) is 36.0 Å². The van der Waals surface area contributed by atoms with E-state index in [1.165, 1.54) is 20.4 Å². The number of nitrogen functional groups attached to an aromatic ring is 1. The van der Waals surface area contributed by atoms with Gasteiger partial charge in [-0.15, -0.1) is 0 Å². The van der Waals surface area contributed by atoms with E-state index in [9.17, 15) is 0 Å². The second-order valence-electron chi connectivity index (χ2n) is 3.91. The Kier molecular flexibility index (Phi) is 4.83. The van der Waals surface area contributed by atoms with Crippen LogP contribution in [-0.4, -0.2) is 30.8 Å². The van der Waals surface area contributed by atoms with Gasteiger partial charge in [-0.25, -0.2) is 4.98 Å². The average Bonchev–Trinajstić information content (AvgIpc) is 2.53. The van der Waals surface area contributed by atoms with E-state index in [1.807, 2.05) is 12.1 Å². The first kappa shape index (κ1) is 14.5. The highest BCUT2D eigenvalue weighted by molar-refractivity contribution is 5.52. The molecule has 2 aromatic rings. The average molecular weight is 285 g/mol. The van der Waals surface area contributed by atoms with Gasteiger partial charge < -0.3 is 19.9 Å². The molecule has 0 aliphatic rings. The molecule has 2 N–H and O–H groups in total. The predicted molar refractivity (Wildman–Crippen MR) is 78.4 cm³/mol. The van der Waals surface area contributed by atoms with Gasteiger partial charge in [0.05, 0.1) is 26.1 Å². The van der Waals surface area contributed by atoms with Crippen LogP contribution in [0.1, 0.15) is 5.56 Å². The molecule has 0 bridgehead atoms. The zero-order chi connectivity index (χ0) is 15.1. The monoisotopic (exact) mass is 285 g/mol. The van der Waals surface area contributed by atoms with Gasteiger partial charge in [0, 0.05) is 0 Å². The van der Waals surface area contributed by atoms with Gasteiger partial charge in [-0.2, -0.15) is 4.98 Å². The molecule has 6 heteroatoms. The van der Waals surface area contributed by atoms with Gasteiger partial charge in [-0.1, -0.05) is 24.0 Å². The maximum Gasteiger partial charge on any atom is 0.319 e. The van der Waals surface area contributed by atoms with Gasteiger partial charge in [0.15, 0.2) is 0 Å². The molecule has 21 heavy (non-hydrogen) atoms. The standard InChI is InChI=1S/C15H15N3O3/c1-19-14-11(10-17-15(18-14)20-2)6-5-9-21-13-8-4-3-7-12(13)16/h3-4,7-8,10H,9,16H2,1-2H3. The van der Waals surface area contributed by atoms with Gasteiger partial charge in [-0.3, -0.25) is 0 Å². The second kappa shape index (κ2) is 7.01. The van der Waals surface area contributed by atoms with E-state index >= 15 is 0 Å². The lowest BCUT2D eigenvalue weighted by atomic mass is 10.3. The number of nitrogens with two attached hydrogens (primary N) is 1. The van der Waals surface area contributed by atoms with E-state index in [-0.39, 0.29) is 12.6 Å². The summed E-state index contributed by atoms with van der Waals surface area (Å²) in [6, 6.07) is 7.47. The third kappa shape index (κ3) is 3.76. The Morgan fingerprint density at radius 1 is 1.19 bits per heavy atom. The van der Waals surface area contributed by atoms with Crippen LogP contribution in [0.15, 0.2) is 30.5 Å². The number of aromatic nitrogens is 2. The number of hydrogen-bond donors (Lipinski definition) is 1. The first-order valence-electron chi connectivity index (χ1n) is 6.15. The van der Waals surface area contributed by atoms with Crippen molar-refractivity contribution in [1.82, 2.24) is 9.97 Å². The summed E-state index contributed by atoms with van der Waals surface area (Å²) in [5.41, 5.74) is 6.90. The number of anilines is 1. The third-order valence-corrected chi connectivity index (χ3v) is 2.55. The van der Waals surface area contributed by atoms with Gasteiger partial charge >= 0.3 is 6.01 Å². The summed E-state index contributed by atoms with van der Waals surface area (Å²) in [5, 5.41) is 0. The Bertz CT molecular complexity index is 677. The summed E-state index contributed by atoms with van der Waals surface area (Å²) < 4.78 is 15.5. The van der Waals surface area contributed by atoms with Crippen molar-refractivity contribution in [3.8, 4) is 29.5 Å². The summed E-state index contributed by atoms with van der Waals surface area (Å²) in [6.45, 7) is 0.198. The molecule has 0 spiro atoms. The van der Waals surface area contributed by atoms with Crippen LogP contribution in [0.2, 0.25) is 0 Å². The largest absolute Gasteiger partial charge is 0.480 e. The van der Waals surface area contributed by atoms with E-state index < -0.39 is 0 Å². The van der Waals surface area contributed by atoms with Crippen LogP contribution in [0.5, 0.6) is 17.6 Å². The normalized spacial score (nSPS) is 9.43. The van der Waals surface area contributed by atoms with Gasteiger partial charge in [0.2, 0.25) is 5.88 Å². The van der Waals surface area contributed by atoms with Gasteiger partial charge in [0.25, 0.3) is 0 Å². The minimum absolute atomic E-state index is 0.198. The smallest absolute Gasteiger partial charge is 0.319 e. The maximum atomic E-state index is 5.76. The Hall–Kier alpha value is -2.94. The highest BCUT2D eigenvalue weighted by Crippen LogP contribution is 2.19.